The van der Waals surface area contributed by atoms with Crippen LogP contribution in [0, 0.1) is 0 Å². The molecular weight excluding hydrogens is 230 g/mol. The Balaban J connectivity index is 2.28. The molecule has 0 aliphatic carbocycles. The molecule has 0 aliphatic rings. The smallest absolute Gasteiger partial charge is 0.306 e. The summed E-state index contributed by atoms with van der Waals surface area (Å²) < 4.78 is 10.4. The van der Waals surface area contributed by atoms with Gasteiger partial charge in [-0.3, -0.25) is 4.79 Å². The quantitative estimate of drug-likeness (QED) is 0.596. The van der Waals surface area contributed by atoms with E-state index in [1.807, 2.05) is 38.1 Å². The first-order valence-corrected chi connectivity index (χ1v) is 6.23. The zero-order valence-corrected chi connectivity index (χ0v) is 11.0. The lowest BCUT2D eigenvalue weighted by molar-refractivity contribution is -0.150. The van der Waals surface area contributed by atoms with Crippen LogP contribution in [0.2, 0.25) is 0 Å². The van der Waals surface area contributed by atoms with Crippen LogP contribution in [0.5, 0.6) is 0 Å². The molecule has 1 aromatic carbocycles. The van der Waals surface area contributed by atoms with E-state index >= 15 is 0 Å². The van der Waals surface area contributed by atoms with Crippen molar-refractivity contribution in [3.8, 4) is 0 Å². The maximum absolute atomic E-state index is 11.6. The highest BCUT2D eigenvalue weighted by Gasteiger charge is 2.09. The van der Waals surface area contributed by atoms with E-state index < -0.39 is 0 Å². The summed E-state index contributed by atoms with van der Waals surface area (Å²) in [4.78, 5) is 11.6. The molecule has 1 atom stereocenters. The number of ether oxygens (including phenoxy) is 2. The van der Waals surface area contributed by atoms with Crippen molar-refractivity contribution in [3.05, 3.63) is 29.8 Å². The van der Waals surface area contributed by atoms with E-state index in [-0.39, 0.29) is 12.1 Å². The van der Waals surface area contributed by atoms with Gasteiger partial charge in [0.2, 0.25) is 0 Å². The molecular formula is C14H21NO3. The summed E-state index contributed by atoms with van der Waals surface area (Å²) in [5, 5.41) is 0. The second-order valence-corrected chi connectivity index (χ2v) is 4.20. The predicted octanol–water partition coefficient (Wildman–Crippen LogP) is 2.17. The molecule has 1 unspecified atom stereocenters. The van der Waals surface area contributed by atoms with Crippen LogP contribution in [0.25, 0.3) is 0 Å². The summed E-state index contributed by atoms with van der Waals surface area (Å²) in [6.07, 6.45) is 0.809. The third-order valence-corrected chi connectivity index (χ3v) is 2.46. The highest BCUT2D eigenvalue weighted by atomic mass is 16.6. The Morgan fingerprint density at radius 2 is 2.22 bits per heavy atom. The average molecular weight is 251 g/mol. The molecule has 1 rings (SSSR count). The summed E-state index contributed by atoms with van der Waals surface area (Å²) in [5.41, 5.74) is 7.43. The van der Waals surface area contributed by atoms with Crippen LogP contribution in [-0.4, -0.2) is 25.3 Å². The van der Waals surface area contributed by atoms with Crippen molar-refractivity contribution in [3.63, 3.8) is 0 Å². The average Bonchev–Trinajstić information content (AvgIpc) is 2.34. The monoisotopic (exact) mass is 251 g/mol. The van der Waals surface area contributed by atoms with Gasteiger partial charge in [0.05, 0.1) is 6.61 Å². The van der Waals surface area contributed by atoms with Crippen molar-refractivity contribution >= 4 is 11.7 Å². The molecule has 4 heteroatoms. The lowest BCUT2D eigenvalue weighted by Crippen LogP contribution is -2.20. The molecule has 1 aromatic rings. The van der Waals surface area contributed by atoms with Crippen LogP contribution in [0.1, 0.15) is 25.8 Å². The van der Waals surface area contributed by atoms with Crippen LogP contribution >= 0.6 is 0 Å². The summed E-state index contributed by atoms with van der Waals surface area (Å²) in [6.45, 7) is 4.81. The molecule has 0 heterocycles. The highest BCUT2D eigenvalue weighted by molar-refractivity contribution is 5.70. The van der Waals surface area contributed by atoms with Crippen LogP contribution in [-0.2, 0) is 20.7 Å². The van der Waals surface area contributed by atoms with E-state index in [0.29, 0.717) is 31.7 Å². The van der Waals surface area contributed by atoms with Crippen molar-refractivity contribution in [1.29, 1.82) is 0 Å². The Labute approximate surface area is 108 Å². The largest absolute Gasteiger partial charge is 0.460 e. The molecule has 0 saturated carbocycles. The number of aryl methyl sites for hydroxylation is 1. The maximum Gasteiger partial charge on any atom is 0.306 e. The molecule has 0 saturated heterocycles. The Kier molecular flexibility index (Phi) is 6.22. The van der Waals surface area contributed by atoms with Crippen LogP contribution in [0.4, 0.5) is 5.69 Å². The van der Waals surface area contributed by atoms with Gasteiger partial charge in [0.1, 0.15) is 6.10 Å². The van der Waals surface area contributed by atoms with Crippen molar-refractivity contribution in [2.45, 2.75) is 32.8 Å². The zero-order valence-electron chi connectivity index (χ0n) is 11.0. The number of hydrogen-bond acceptors (Lipinski definition) is 4. The standard InChI is InChI=1S/C14H21NO3/c1-3-17-10-11(2)18-14(16)8-7-12-5-4-6-13(15)9-12/h4-6,9,11H,3,7-8,10,15H2,1-2H3. The Hall–Kier alpha value is -1.55. The number of hydrogen-bond donors (Lipinski definition) is 1. The number of anilines is 1. The van der Waals surface area contributed by atoms with E-state index in [1.54, 1.807) is 0 Å². The fraction of sp³-hybridized carbons (Fsp3) is 0.500. The molecule has 0 aliphatic heterocycles. The van der Waals surface area contributed by atoms with Gasteiger partial charge in [-0.1, -0.05) is 12.1 Å². The molecule has 0 aromatic heterocycles. The minimum atomic E-state index is -0.204. The number of benzene rings is 1. The van der Waals surface area contributed by atoms with Crippen molar-refractivity contribution in [1.82, 2.24) is 0 Å². The second kappa shape index (κ2) is 7.71. The number of nitrogen functional groups attached to an aromatic ring is 1. The summed E-state index contributed by atoms with van der Waals surface area (Å²) >= 11 is 0. The lowest BCUT2D eigenvalue weighted by atomic mass is 10.1. The van der Waals surface area contributed by atoms with Crippen LogP contribution < -0.4 is 5.73 Å². The highest BCUT2D eigenvalue weighted by Crippen LogP contribution is 2.09. The summed E-state index contributed by atoms with van der Waals surface area (Å²) in [7, 11) is 0. The van der Waals surface area contributed by atoms with Gasteiger partial charge < -0.3 is 15.2 Å². The molecule has 0 spiro atoms. The van der Waals surface area contributed by atoms with Crippen molar-refractivity contribution < 1.29 is 14.3 Å². The number of rotatable bonds is 7. The normalized spacial score (nSPS) is 12.1. The predicted molar refractivity (Wildman–Crippen MR) is 71.2 cm³/mol. The number of carbonyl (C=O) groups is 1. The van der Waals surface area contributed by atoms with Crippen LogP contribution in [0.15, 0.2) is 24.3 Å². The first-order chi connectivity index (χ1) is 8.61. The molecule has 18 heavy (non-hydrogen) atoms. The number of carbonyl (C=O) groups excluding carboxylic acids is 1. The topological polar surface area (TPSA) is 61.5 Å². The van der Waals surface area contributed by atoms with Gasteiger partial charge in [-0.05, 0) is 38.0 Å². The van der Waals surface area contributed by atoms with E-state index in [2.05, 4.69) is 0 Å². The van der Waals surface area contributed by atoms with E-state index in [9.17, 15) is 4.79 Å². The third-order valence-electron chi connectivity index (χ3n) is 2.46. The van der Waals surface area contributed by atoms with Crippen molar-refractivity contribution in [2.75, 3.05) is 18.9 Å². The minimum absolute atomic E-state index is 0.196. The summed E-state index contributed by atoms with van der Waals surface area (Å²) in [5.74, 6) is -0.204. The molecule has 0 fully saturated rings. The third kappa shape index (κ3) is 5.68. The molecule has 0 radical (unpaired) electrons. The van der Waals surface area contributed by atoms with Gasteiger partial charge in [0, 0.05) is 18.7 Å². The van der Waals surface area contributed by atoms with Gasteiger partial charge >= 0.3 is 5.97 Å². The first-order valence-electron chi connectivity index (χ1n) is 6.23. The van der Waals surface area contributed by atoms with Gasteiger partial charge in [-0.25, -0.2) is 0 Å². The second-order valence-electron chi connectivity index (χ2n) is 4.20. The Bertz CT molecular complexity index is 379. The molecule has 0 amide bonds. The van der Waals surface area contributed by atoms with Gasteiger partial charge in [0.15, 0.2) is 0 Å². The first kappa shape index (κ1) is 14.5. The van der Waals surface area contributed by atoms with Gasteiger partial charge in [-0.2, -0.15) is 0 Å². The Morgan fingerprint density at radius 1 is 1.44 bits per heavy atom. The number of nitrogens with two attached hydrogens (primary N) is 1. The lowest BCUT2D eigenvalue weighted by Gasteiger charge is -2.12. The van der Waals surface area contributed by atoms with E-state index in [4.69, 9.17) is 15.2 Å². The van der Waals surface area contributed by atoms with E-state index in [0.717, 1.165) is 5.56 Å². The summed E-state index contributed by atoms with van der Waals surface area (Å²) in [6, 6.07) is 7.53. The maximum atomic E-state index is 11.6. The minimum Gasteiger partial charge on any atom is -0.460 e. The Morgan fingerprint density at radius 3 is 2.89 bits per heavy atom. The molecule has 0 bridgehead atoms. The van der Waals surface area contributed by atoms with Gasteiger partial charge in [0.25, 0.3) is 0 Å². The van der Waals surface area contributed by atoms with Crippen LogP contribution in [0.3, 0.4) is 0 Å². The number of esters is 1. The molecule has 2 N–H and O–H groups in total. The molecule has 100 valence electrons. The van der Waals surface area contributed by atoms with E-state index in [1.165, 1.54) is 0 Å². The van der Waals surface area contributed by atoms with Gasteiger partial charge in [-0.15, -0.1) is 0 Å². The van der Waals surface area contributed by atoms with Crippen molar-refractivity contribution in [2.24, 2.45) is 0 Å². The fourth-order valence-electron chi connectivity index (χ4n) is 1.60. The fourth-order valence-corrected chi connectivity index (χ4v) is 1.60. The zero-order chi connectivity index (χ0) is 13.4. The molecule has 4 nitrogen and oxygen atoms in total. The SMILES string of the molecule is CCOCC(C)OC(=O)CCc1cccc(N)c1.